The highest BCUT2D eigenvalue weighted by Gasteiger charge is 2.41. The number of rotatable bonds is 9. The van der Waals surface area contributed by atoms with Crippen molar-refractivity contribution in [3.8, 4) is 0 Å². The first-order valence-electron chi connectivity index (χ1n) is 8.25. The van der Waals surface area contributed by atoms with Crippen molar-refractivity contribution in [1.82, 2.24) is 15.7 Å². The Morgan fingerprint density at radius 3 is 2.75 bits per heavy atom. The molecular formula is C16H26FN3O4. The van der Waals surface area contributed by atoms with Crippen molar-refractivity contribution < 1.29 is 24.0 Å². The zero-order valence-corrected chi connectivity index (χ0v) is 14.0. The molecule has 1 heterocycles. The number of nitrogens with one attached hydrogen (secondary N) is 2. The first kappa shape index (κ1) is 20.1. The maximum atomic E-state index is 14.3. The third kappa shape index (κ3) is 5.02. The van der Waals surface area contributed by atoms with Gasteiger partial charge in [-0.15, -0.1) is 6.58 Å². The second-order valence-corrected chi connectivity index (χ2v) is 5.85. The number of halogens is 1. The van der Waals surface area contributed by atoms with Crippen molar-refractivity contribution in [2.24, 2.45) is 5.92 Å². The first-order chi connectivity index (χ1) is 11.5. The Morgan fingerprint density at radius 1 is 1.46 bits per heavy atom. The zero-order valence-electron chi connectivity index (χ0n) is 14.0. The van der Waals surface area contributed by atoms with E-state index in [0.717, 1.165) is 6.42 Å². The second-order valence-electron chi connectivity index (χ2n) is 5.85. The highest BCUT2D eigenvalue weighted by atomic mass is 19.1. The Labute approximate surface area is 141 Å². The van der Waals surface area contributed by atoms with Crippen LogP contribution in [0.5, 0.6) is 0 Å². The molecule has 7 nitrogen and oxygen atoms in total. The van der Waals surface area contributed by atoms with E-state index in [-0.39, 0.29) is 18.9 Å². The number of nitrogens with zero attached hydrogens (tertiary/aromatic N) is 1. The first-order valence-corrected chi connectivity index (χ1v) is 8.25. The maximum absolute atomic E-state index is 14.3. The van der Waals surface area contributed by atoms with Crippen LogP contribution in [-0.2, 0) is 14.4 Å². The van der Waals surface area contributed by atoms with Crippen molar-refractivity contribution >= 4 is 17.7 Å². The number of alkyl halides is 1. The molecule has 136 valence electrons. The van der Waals surface area contributed by atoms with Crippen LogP contribution >= 0.6 is 0 Å². The van der Waals surface area contributed by atoms with E-state index in [9.17, 15) is 18.8 Å². The molecule has 1 fully saturated rings. The molecule has 3 atom stereocenters. The van der Waals surface area contributed by atoms with Gasteiger partial charge in [-0.05, 0) is 19.3 Å². The molecule has 0 aromatic heterocycles. The van der Waals surface area contributed by atoms with E-state index in [2.05, 4.69) is 11.9 Å². The summed E-state index contributed by atoms with van der Waals surface area (Å²) in [5.74, 6) is -3.31. The number of amides is 3. The van der Waals surface area contributed by atoms with E-state index in [4.69, 9.17) is 5.21 Å². The number of carbonyl (C=O) groups excluding carboxylic acids is 3. The molecule has 1 rings (SSSR count). The molecule has 0 spiro atoms. The topological polar surface area (TPSA) is 98.7 Å². The predicted octanol–water partition coefficient (Wildman–Crippen LogP) is 0.930. The molecule has 3 amide bonds. The van der Waals surface area contributed by atoms with Gasteiger partial charge in [-0.25, -0.2) is 9.87 Å². The average Bonchev–Trinajstić information content (AvgIpc) is 3.08. The minimum absolute atomic E-state index is 0.182. The molecule has 0 bridgehead atoms. The summed E-state index contributed by atoms with van der Waals surface area (Å²) >= 11 is 0. The predicted molar refractivity (Wildman–Crippen MR) is 85.8 cm³/mol. The molecule has 0 radical (unpaired) electrons. The highest BCUT2D eigenvalue weighted by Crippen LogP contribution is 2.25. The van der Waals surface area contributed by atoms with Gasteiger partial charge in [0.15, 0.2) is 6.17 Å². The summed E-state index contributed by atoms with van der Waals surface area (Å²) in [5, 5.41) is 11.3. The largest absolute Gasteiger partial charge is 0.351 e. The lowest BCUT2D eigenvalue weighted by molar-refractivity contribution is -0.149. The van der Waals surface area contributed by atoms with Crippen LogP contribution in [0, 0.1) is 5.92 Å². The van der Waals surface area contributed by atoms with Crippen LogP contribution in [0.25, 0.3) is 0 Å². The van der Waals surface area contributed by atoms with Crippen molar-refractivity contribution in [2.75, 3.05) is 13.1 Å². The van der Waals surface area contributed by atoms with Crippen LogP contribution in [-0.4, -0.2) is 53.1 Å². The summed E-state index contributed by atoms with van der Waals surface area (Å²) in [4.78, 5) is 37.6. The lowest BCUT2D eigenvalue weighted by atomic mass is 9.94. The summed E-state index contributed by atoms with van der Waals surface area (Å²) in [6, 6.07) is -0.661. The van der Waals surface area contributed by atoms with Crippen LogP contribution in [0.2, 0.25) is 0 Å². The fourth-order valence-electron chi connectivity index (χ4n) is 2.87. The number of hydroxylamine groups is 1. The molecule has 1 aliphatic heterocycles. The van der Waals surface area contributed by atoms with Gasteiger partial charge >= 0.3 is 0 Å². The SMILES string of the molecule is C=CCNC(=O)C1CCCN1C(=O)[C@H](CCCC)[C@H](F)C(=O)NO. The summed E-state index contributed by atoms with van der Waals surface area (Å²) in [7, 11) is 0. The van der Waals surface area contributed by atoms with E-state index in [1.807, 2.05) is 6.92 Å². The zero-order chi connectivity index (χ0) is 18.1. The molecule has 1 unspecified atom stereocenters. The number of unbranched alkanes of at least 4 members (excludes halogenated alkanes) is 1. The monoisotopic (exact) mass is 343 g/mol. The van der Waals surface area contributed by atoms with Gasteiger partial charge in [0, 0.05) is 13.1 Å². The van der Waals surface area contributed by atoms with Crippen LogP contribution in [0.4, 0.5) is 4.39 Å². The van der Waals surface area contributed by atoms with Gasteiger partial charge in [-0.3, -0.25) is 19.6 Å². The van der Waals surface area contributed by atoms with Gasteiger partial charge in [0.2, 0.25) is 11.8 Å². The summed E-state index contributed by atoms with van der Waals surface area (Å²) in [6.45, 7) is 6.04. The van der Waals surface area contributed by atoms with Crippen LogP contribution in [0.15, 0.2) is 12.7 Å². The van der Waals surface area contributed by atoms with Crippen molar-refractivity contribution in [3.63, 3.8) is 0 Å². The highest BCUT2D eigenvalue weighted by molar-refractivity contribution is 5.92. The van der Waals surface area contributed by atoms with Crippen LogP contribution in [0.3, 0.4) is 0 Å². The number of hydrogen-bond donors (Lipinski definition) is 3. The fourth-order valence-corrected chi connectivity index (χ4v) is 2.87. The normalized spacial score (nSPS) is 19.5. The van der Waals surface area contributed by atoms with Crippen molar-refractivity contribution in [1.29, 1.82) is 0 Å². The van der Waals surface area contributed by atoms with Gasteiger partial charge in [0.1, 0.15) is 6.04 Å². The minimum atomic E-state index is -2.15. The minimum Gasteiger partial charge on any atom is -0.351 e. The molecular weight excluding hydrogens is 317 g/mol. The maximum Gasteiger partial charge on any atom is 0.278 e. The van der Waals surface area contributed by atoms with Crippen LogP contribution < -0.4 is 10.8 Å². The van der Waals surface area contributed by atoms with Gasteiger partial charge in [0.25, 0.3) is 5.91 Å². The molecule has 8 heteroatoms. The van der Waals surface area contributed by atoms with Crippen LogP contribution in [0.1, 0.15) is 39.0 Å². The third-order valence-electron chi connectivity index (χ3n) is 4.16. The van der Waals surface area contributed by atoms with Gasteiger partial charge in [0.05, 0.1) is 5.92 Å². The summed E-state index contributed by atoms with van der Waals surface area (Å²) in [5.41, 5.74) is 1.25. The molecule has 0 aromatic rings. The number of hydrogen-bond acceptors (Lipinski definition) is 4. The van der Waals surface area contributed by atoms with Gasteiger partial charge in [-0.1, -0.05) is 25.8 Å². The Bertz CT molecular complexity index is 472. The van der Waals surface area contributed by atoms with E-state index in [1.54, 1.807) is 0 Å². The number of likely N-dealkylation sites (tertiary alicyclic amines) is 1. The molecule has 0 saturated carbocycles. The Morgan fingerprint density at radius 2 is 2.17 bits per heavy atom. The lowest BCUT2D eigenvalue weighted by Crippen LogP contribution is -2.50. The summed E-state index contributed by atoms with van der Waals surface area (Å²) < 4.78 is 14.3. The van der Waals surface area contributed by atoms with E-state index >= 15 is 0 Å². The van der Waals surface area contributed by atoms with E-state index in [1.165, 1.54) is 16.5 Å². The number of carbonyl (C=O) groups is 3. The summed E-state index contributed by atoms with van der Waals surface area (Å²) in [6.07, 6.45) is 2.01. The van der Waals surface area contributed by atoms with E-state index in [0.29, 0.717) is 25.8 Å². The van der Waals surface area contributed by atoms with Crippen molar-refractivity contribution in [3.05, 3.63) is 12.7 Å². The fraction of sp³-hybridized carbons (Fsp3) is 0.688. The second kappa shape index (κ2) is 10.0. The molecule has 0 aliphatic carbocycles. The molecule has 1 aliphatic rings. The van der Waals surface area contributed by atoms with Gasteiger partial charge < -0.3 is 10.2 Å². The molecule has 3 N–H and O–H groups in total. The van der Waals surface area contributed by atoms with E-state index < -0.39 is 29.9 Å². The lowest BCUT2D eigenvalue weighted by Gasteiger charge is -2.29. The van der Waals surface area contributed by atoms with Crippen molar-refractivity contribution in [2.45, 2.75) is 51.2 Å². The standard InChI is InChI=1S/C16H26FN3O4/c1-3-5-7-11(13(17)15(22)19-24)16(23)20-10-6-8-12(20)14(21)18-9-4-2/h4,11-13,24H,2-3,5-10H2,1H3,(H,18,21)(H,19,22)/t11-,12?,13+/m1/s1. The Hall–Kier alpha value is -1.96. The Kier molecular flexibility index (Phi) is 8.39. The quantitative estimate of drug-likeness (QED) is 0.329. The molecule has 24 heavy (non-hydrogen) atoms. The molecule has 1 saturated heterocycles. The van der Waals surface area contributed by atoms with Gasteiger partial charge in [-0.2, -0.15) is 0 Å². The smallest absolute Gasteiger partial charge is 0.278 e. The average molecular weight is 343 g/mol. The Balaban J connectivity index is 2.88. The molecule has 0 aromatic carbocycles. The third-order valence-corrected chi connectivity index (χ3v) is 4.16.